The summed E-state index contributed by atoms with van der Waals surface area (Å²) in [7, 11) is -3.92. The normalized spacial score (nSPS) is 11.9. The van der Waals surface area contributed by atoms with Gasteiger partial charge in [-0.1, -0.05) is 23.7 Å². The molecule has 3 aromatic carbocycles. The third kappa shape index (κ3) is 6.85. The van der Waals surface area contributed by atoms with E-state index >= 15 is 0 Å². The van der Waals surface area contributed by atoms with Crippen LogP contribution in [0.15, 0.2) is 76.5 Å². The smallest absolute Gasteiger partial charge is 0.252 e. The standard InChI is InChI=1S/C23H23ClN2O6S.ClH/c24-16-3-1-2-15(12-16)22(28)14-26-10-11-32-17-4-6-18(7-5-17)33(30,31)19-8-9-21(27)20(13-19)23(25)29;/h1-9,12-13,22,26-28H,10-11,14H2,(H2,25,29);1H/t22-;/m1./s1. The van der Waals surface area contributed by atoms with Gasteiger partial charge >= 0.3 is 0 Å². The van der Waals surface area contributed by atoms with Crippen LogP contribution >= 0.6 is 24.0 Å². The van der Waals surface area contributed by atoms with E-state index in [0.717, 1.165) is 12.1 Å². The number of aromatic hydroxyl groups is 1. The highest BCUT2D eigenvalue weighted by Crippen LogP contribution is 2.27. The first-order valence-corrected chi connectivity index (χ1v) is 11.8. The predicted octanol–water partition coefficient (Wildman–Crippen LogP) is 3.10. The summed E-state index contributed by atoms with van der Waals surface area (Å²) in [5.41, 5.74) is 5.61. The summed E-state index contributed by atoms with van der Waals surface area (Å²) in [5.74, 6) is -0.851. The highest BCUT2D eigenvalue weighted by atomic mass is 35.5. The van der Waals surface area contributed by atoms with Crippen molar-refractivity contribution in [2.45, 2.75) is 15.9 Å². The van der Waals surface area contributed by atoms with Gasteiger partial charge in [0, 0.05) is 18.1 Å². The number of carbonyl (C=O) groups excluding carboxylic acids is 1. The Labute approximate surface area is 208 Å². The monoisotopic (exact) mass is 526 g/mol. The quantitative estimate of drug-likeness (QED) is 0.297. The number of hydrogen-bond acceptors (Lipinski definition) is 7. The highest BCUT2D eigenvalue weighted by Gasteiger charge is 2.20. The molecule has 0 spiro atoms. The molecule has 8 nitrogen and oxygen atoms in total. The van der Waals surface area contributed by atoms with Crippen molar-refractivity contribution >= 4 is 39.8 Å². The number of aliphatic hydroxyl groups is 1. The molecule has 0 heterocycles. The van der Waals surface area contributed by atoms with Crippen LogP contribution in [0.25, 0.3) is 0 Å². The lowest BCUT2D eigenvalue weighted by atomic mass is 10.1. The van der Waals surface area contributed by atoms with Crippen LogP contribution in [0.2, 0.25) is 5.02 Å². The average Bonchev–Trinajstić information content (AvgIpc) is 2.79. The molecule has 34 heavy (non-hydrogen) atoms. The zero-order chi connectivity index (χ0) is 24.0. The first-order chi connectivity index (χ1) is 15.7. The molecule has 0 fully saturated rings. The molecule has 5 N–H and O–H groups in total. The summed E-state index contributed by atoms with van der Waals surface area (Å²) in [4.78, 5) is 11.2. The lowest BCUT2D eigenvalue weighted by molar-refractivity contribution is 0.0997. The van der Waals surface area contributed by atoms with Crippen LogP contribution in [0.4, 0.5) is 0 Å². The molecule has 0 saturated heterocycles. The Balaban J connectivity index is 0.00000408. The second-order valence-electron chi connectivity index (χ2n) is 7.14. The van der Waals surface area contributed by atoms with Gasteiger partial charge in [-0.05, 0) is 60.2 Å². The van der Waals surface area contributed by atoms with E-state index in [4.69, 9.17) is 22.1 Å². The number of benzene rings is 3. The van der Waals surface area contributed by atoms with Gasteiger partial charge in [-0.15, -0.1) is 12.4 Å². The molecular formula is C23H24Cl2N2O6S. The number of rotatable bonds is 10. The fraction of sp³-hybridized carbons (Fsp3) is 0.174. The lowest BCUT2D eigenvalue weighted by Gasteiger charge is -2.13. The molecule has 0 unspecified atom stereocenters. The van der Waals surface area contributed by atoms with Gasteiger partial charge in [-0.3, -0.25) is 4.79 Å². The van der Waals surface area contributed by atoms with Gasteiger partial charge < -0.3 is 26.0 Å². The van der Waals surface area contributed by atoms with Crippen molar-refractivity contribution in [3.8, 4) is 11.5 Å². The molecular weight excluding hydrogens is 503 g/mol. The molecule has 0 bridgehead atoms. The summed E-state index contributed by atoms with van der Waals surface area (Å²) in [6.45, 7) is 1.08. The minimum Gasteiger partial charge on any atom is -0.507 e. The Morgan fingerprint density at radius 2 is 1.74 bits per heavy atom. The molecule has 11 heteroatoms. The Hall–Kier alpha value is -2.82. The Kier molecular flexibility index (Phi) is 9.72. The largest absolute Gasteiger partial charge is 0.507 e. The maximum absolute atomic E-state index is 12.8. The van der Waals surface area contributed by atoms with E-state index in [1.54, 1.807) is 24.3 Å². The molecule has 182 valence electrons. The number of nitrogens with one attached hydrogen (secondary N) is 1. The van der Waals surface area contributed by atoms with E-state index < -0.39 is 21.8 Å². The molecule has 3 rings (SSSR count). The van der Waals surface area contributed by atoms with Gasteiger partial charge in [0.1, 0.15) is 18.1 Å². The lowest BCUT2D eigenvalue weighted by Crippen LogP contribution is -2.26. The van der Waals surface area contributed by atoms with Gasteiger partial charge in [0.2, 0.25) is 9.84 Å². The molecule has 1 atom stereocenters. The van der Waals surface area contributed by atoms with Gasteiger partial charge in [0.15, 0.2) is 0 Å². The first kappa shape index (κ1) is 27.4. The molecule has 0 aliphatic rings. The van der Waals surface area contributed by atoms with Gasteiger partial charge in [-0.2, -0.15) is 0 Å². The summed E-state index contributed by atoms with van der Waals surface area (Å²) in [6.07, 6.45) is -0.705. The van der Waals surface area contributed by atoms with Crippen molar-refractivity contribution in [3.63, 3.8) is 0 Å². The van der Waals surface area contributed by atoms with E-state index in [0.29, 0.717) is 36.0 Å². The Morgan fingerprint density at radius 3 is 2.38 bits per heavy atom. The number of primary amides is 1. The Morgan fingerprint density at radius 1 is 1.06 bits per heavy atom. The number of amides is 1. The number of nitrogens with two attached hydrogens (primary N) is 1. The third-order valence-corrected chi connectivity index (χ3v) is 6.80. The van der Waals surface area contributed by atoms with Crippen molar-refractivity contribution in [1.82, 2.24) is 5.32 Å². The molecule has 0 saturated carbocycles. The number of halogens is 2. The number of phenols is 1. The summed E-state index contributed by atoms with van der Waals surface area (Å²) in [5, 5.41) is 23.5. The second-order valence-corrected chi connectivity index (χ2v) is 9.53. The van der Waals surface area contributed by atoms with Crippen molar-refractivity contribution in [2.24, 2.45) is 5.73 Å². The van der Waals surface area contributed by atoms with E-state index in [1.165, 1.54) is 30.3 Å². The first-order valence-electron chi connectivity index (χ1n) is 9.93. The number of ether oxygens (including phenoxy) is 1. The molecule has 0 aliphatic heterocycles. The van der Waals surface area contributed by atoms with Crippen LogP contribution < -0.4 is 15.8 Å². The van der Waals surface area contributed by atoms with Gasteiger partial charge in [-0.25, -0.2) is 8.42 Å². The van der Waals surface area contributed by atoms with Gasteiger partial charge in [0.25, 0.3) is 5.91 Å². The number of aliphatic hydroxyl groups excluding tert-OH is 1. The Bertz CT molecular complexity index is 1240. The number of sulfone groups is 1. The molecule has 0 radical (unpaired) electrons. The maximum atomic E-state index is 12.8. The van der Waals surface area contributed by atoms with Crippen LogP contribution in [-0.4, -0.2) is 44.2 Å². The van der Waals surface area contributed by atoms with Gasteiger partial charge in [0.05, 0.1) is 21.5 Å². The molecule has 0 aliphatic carbocycles. The topological polar surface area (TPSA) is 139 Å². The minimum absolute atomic E-state index is 0. The summed E-state index contributed by atoms with van der Waals surface area (Å²) < 4.78 is 31.2. The van der Waals surface area contributed by atoms with Crippen molar-refractivity contribution in [2.75, 3.05) is 19.7 Å². The van der Waals surface area contributed by atoms with Crippen LogP contribution in [0, 0.1) is 0 Å². The SMILES string of the molecule is Cl.NC(=O)c1cc(S(=O)(=O)c2ccc(OCCNC[C@@H](O)c3cccc(Cl)c3)cc2)ccc1O. The number of carbonyl (C=O) groups is 1. The zero-order valence-corrected chi connectivity index (χ0v) is 20.2. The predicted molar refractivity (Wildman–Crippen MR) is 131 cm³/mol. The molecule has 0 aromatic heterocycles. The van der Waals surface area contributed by atoms with E-state index in [1.807, 2.05) is 0 Å². The fourth-order valence-electron chi connectivity index (χ4n) is 3.04. The van der Waals surface area contributed by atoms with Crippen molar-refractivity contribution in [3.05, 3.63) is 82.9 Å². The minimum atomic E-state index is -3.92. The molecule has 3 aromatic rings. The van der Waals surface area contributed by atoms with Crippen LogP contribution in [-0.2, 0) is 9.84 Å². The maximum Gasteiger partial charge on any atom is 0.252 e. The van der Waals surface area contributed by atoms with Crippen molar-refractivity contribution < 1.29 is 28.2 Å². The van der Waals surface area contributed by atoms with Crippen LogP contribution in [0.1, 0.15) is 22.0 Å². The van der Waals surface area contributed by atoms with Crippen molar-refractivity contribution in [1.29, 1.82) is 0 Å². The van der Waals surface area contributed by atoms with Crippen LogP contribution in [0.3, 0.4) is 0 Å². The summed E-state index contributed by atoms with van der Waals surface area (Å²) >= 11 is 5.92. The number of hydrogen-bond donors (Lipinski definition) is 4. The van der Waals surface area contributed by atoms with E-state index in [2.05, 4.69) is 5.32 Å². The average molecular weight is 527 g/mol. The third-order valence-electron chi connectivity index (χ3n) is 4.80. The fourth-order valence-corrected chi connectivity index (χ4v) is 4.53. The van der Waals surface area contributed by atoms with Crippen LogP contribution in [0.5, 0.6) is 11.5 Å². The van der Waals surface area contributed by atoms with E-state index in [-0.39, 0.29) is 33.5 Å². The zero-order valence-electron chi connectivity index (χ0n) is 17.8. The second kappa shape index (κ2) is 12.0. The summed E-state index contributed by atoms with van der Waals surface area (Å²) in [6, 6.07) is 16.2. The highest BCUT2D eigenvalue weighted by molar-refractivity contribution is 7.91. The molecule has 1 amide bonds. The van der Waals surface area contributed by atoms with E-state index in [9.17, 15) is 23.4 Å².